The molecule has 2 heterocycles. The van der Waals surface area contributed by atoms with Gasteiger partial charge in [0.2, 0.25) is 17.7 Å². The second-order valence-electron chi connectivity index (χ2n) is 15.7. The van der Waals surface area contributed by atoms with Crippen LogP contribution in [-0.4, -0.2) is 85.5 Å². The van der Waals surface area contributed by atoms with E-state index in [0.717, 1.165) is 43.2 Å². The van der Waals surface area contributed by atoms with Crippen LogP contribution in [-0.2, 0) is 80.0 Å². The lowest BCUT2D eigenvalue weighted by Crippen LogP contribution is -2.51. The van der Waals surface area contributed by atoms with Crippen LogP contribution in [0, 0.1) is 0 Å². The maximum Gasteiger partial charge on any atom is 0.355 e. The van der Waals surface area contributed by atoms with Gasteiger partial charge in [-0.2, -0.15) is 0 Å². The highest BCUT2D eigenvalue weighted by Gasteiger charge is 2.43. The fourth-order valence-electron chi connectivity index (χ4n) is 8.08. The number of nitrogens with one attached hydrogen (secondary N) is 4. The molecule has 1 aromatic heterocycles. The summed E-state index contributed by atoms with van der Waals surface area (Å²) < 4.78 is 20.4. The monoisotopic (exact) mass is 840 g/mol. The van der Waals surface area contributed by atoms with E-state index in [9.17, 15) is 33.6 Å². The van der Waals surface area contributed by atoms with Gasteiger partial charge >= 0.3 is 23.9 Å². The van der Waals surface area contributed by atoms with Gasteiger partial charge in [-0.25, -0.2) is 4.79 Å². The molecule has 15 nitrogen and oxygen atoms in total. The molecule has 1 aliphatic carbocycles. The number of aromatic nitrogens is 1. The molecule has 1 aliphatic heterocycles. The van der Waals surface area contributed by atoms with Gasteiger partial charge in [-0.1, -0.05) is 79.9 Å². The third-order valence-electron chi connectivity index (χ3n) is 11.3. The molecule has 0 unspecified atom stereocenters. The predicted molar refractivity (Wildman–Crippen MR) is 223 cm³/mol. The average Bonchev–Trinajstić information content (AvgIpc) is 3.71. The SMILES string of the molecule is COC(=O)CCC1=C(CC(=O)N[C@@H](Cc2ccccc2)C(=O)NC2CCCCC2)[C@@](C)(Cc2[nH]c(C(=O)OCc3ccccc3)c(CC(=O)OC)c2CCC(=O)OC)NC1=O. The first-order valence-electron chi connectivity index (χ1n) is 20.7. The summed E-state index contributed by atoms with van der Waals surface area (Å²) in [6.07, 6.45) is 4.08. The zero-order chi connectivity index (χ0) is 43.9. The van der Waals surface area contributed by atoms with E-state index in [1.807, 2.05) is 36.4 Å². The Balaban J connectivity index is 1.51. The number of H-pyrrole nitrogens is 1. The summed E-state index contributed by atoms with van der Waals surface area (Å²) in [6, 6.07) is 17.5. The van der Waals surface area contributed by atoms with Crippen LogP contribution in [0.4, 0.5) is 0 Å². The third kappa shape index (κ3) is 12.6. The molecule has 326 valence electrons. The summed E-state index contributed by atoms with van der Waals surface area (Å²) in [4.78, 5) is 96.5. The summed E-state index contributed by atoms with van der Waals surface area (Å²) in [5, 5.41) is 9.09. The van der Waals surface area contributed by atoms with Gasteiger partial charge in [0.05, 0.1) is 39.7 Å². The Morgan fingerprint density at radius 2 is 1.38 bits per heavy atom. The van der Waals surface area contributed by atoms with Crippen LogP contribution in [0.25, 0.3) is 0 Å². The number of hydrogen-bond donors (Lipinski definition) is 4. The lowest BCUT2D eigenvalue weighted by atomic mass is 9.83. The first-order chi connectivity index (χ1) is 29.3. The number of carbonyl (C=O) groups excluding carboxylic acids is 7. The van der Waals surface area contributed by atoms with E-state index in [4.69, 9.17) is 18.9 Å². The predicted octanol–water partition coefficient (Wildman–Crippen LogP) is 4.44. The van der Waals surface area contributed by atoms with Crippen LogP contribution >= 0.6 is 0 Å². The van der Waals surface area contributed by atoms with E-state index in [1.54, 1.807) is 31.2 Å². The van der Waals surface area contributed by atoms with Crippen molar-refractivity contribution in [3.8, 4) is 0 Å². The highest BCUT2D eigenvalue weighted by molar-refractivity contribution is 6.01. The van der Waals surface area contributed by atoms with Crippen LogP contribution in [0.15, 0.2) is 71.8 Å². The average molecular weight is 841 g/mol. The molecule has 2 atom stereocenters. The molecule has 1 saturated carbocycles. The maximum atomic E-state index is 14.2. The van der Waals surface area contributed by atoms with Gasteiger partial charge in [-0.15, -0.1) is 0 Å². The Morgan fingerprint density at radius 1 is 0.770 bits per heavy atom. The summed E-state index contributed by atoms with van der Waals surface area (Å²) in [5.74, 6) is -3.85. The molecule has 4 N–H and O–H groups in total. The summed E-state index contributed by atoms with van der Waals surface area (Å²) >= 11 is 0. The van der Waals surface area contributed by atoms with Crippen LogP contribution < -0.4 is 16.0 Å². The van der Waals surface area contributed by atoms with Crippen LogP contribution in [0.2, 0.25) is 0 Å². The standard InChI is InChI=1S/C46H56N4O11/c1-46(27-37-32(20-22-39(52)58-2)34(25-41(54)60-4)42(49-37)45(57)61-28-30-16-10-6-11-17-30)35(33(43(55)50-46)21-23-40(53)59-3)26-38(51)48-36(24-29-14-8-5-9-15-29)44(56)47-31-18-12-7-13-19-31/h5-6,8-11,14-17,31,36,49H,7,12-13,18-28H2,1-4H3,(H,47,56)(H,48,51)(H,50,55)/t36-,46+/m0/s1. The van der Waals surface area contributed by atoms with E-state index < -0.39 is 47.3 Å². The van der Waals surface area contributed by atoms with E-state index in [2.05, 4.69) is 20.9 Å². The molecule has 15 heteroatoms. The van der Waals surface area contributed by atoms with Crippen LogP contribution in [0.3, 0.4) is 0 Å². The number of esters is 4. The normalized spacial score (nSPS) is 16.9. The number of carbonyl (C=O) groups is 7. The minimum absolute atomic E-state index is 0.00256. The minimum Gasteiger partial charge on any atom is -0.469 e. The maximum absolute atomic E-state index is 14.2. The van der Waals surface area contributed by atoms with Crippen molar-refractivity contribution in [2.24, 2.45) is 0 Å². The number of aromatic amines is 1. The molecule has 0 radical (unpaired) electrons. The lowest BCUT2D eigenvalue weighted by Gasteiger charge is -2.30. The van der Waals surface area contributed by atoms with E-state index in [1.165, 1.54) is 21.3 Å². The van der Waals surface area contributed by atoms with Gasteiger partial charge in [0, 0.05) is 43.0 Å². The number of benzene rings is 2. The van der Waals surface area contributed by atoms with Crippen molar-refractivity contribution in [2.75, 3.05) is 21.3 Å². The molecule has 1 fully saturated rings. The van der Waals surface area contributed by atoms with Crippen molar-refractivity contribution in [2.45, 2.75) is 115 Å². The molecule has 0 bridgehead atoms. The second-order valence-corrected chi connectivity index (χ2v) is 15.7. The summed E-state index contributed by atoms with van der Waals surface area (Å²) in [6.45, 7) is 1.65. The first-order valence-corrected chi connectivity index (χ1v) is 20.7. The lowest BCUT2D eigenvalue weighted by molar-refractivity contribution is -0.141. The Labute approximate surface area is 355 Å². The Bertz CT molecular complexity index is 2090. The van der Waals surface area contributed by atoms with Gasteiger partial charge in [-0.05, 0) is 60.4 Å². The van der Waals surface area contributed by atoms with E-state index in [-0.39, 0.29) is 86.8 Å². The molecule has 3 aromatic rings. The summed E-state index contributed by atoms with van der Waals surface area (Å²) in [7, 11) is 3.71. The van der Waals surface area contributed by atoms with Crippen molar-refractivity contribution < 1.29 is 52.5 Å². The second kappa shape index (κ2) is 21.8. The minimum atomic E-state index is -1.31. The molecule has 0 saturated heterocycles. The summed E-state index contributed by atoms with van der Waals surface area (Å²) in [5.41, 5.74) is 1.87. The fraction of sp³-hybridized carbons (Fsp3) is 0.457. The van der Waals surface area contributed by atoms with Crippen molar-refractivity contribution in [3.05, 3.63) is 105 Å². The van der Waals surface area contributed by atoms with Crippen molar-refractivity contribution in [3.63, 3.8) is 0 Å². The molecular formula is C46H56N4O11. The largest absolute Gasteiger partial charge is 0.469 e. The molecule has 2 aliphatic rings. The third-order valence-corrected chi connectivity index (χ3v) is 11.3. The van der Waals surface area contributed by atoms with Gasteiger partial charge in [0.25, 0.3) is 0 Å². The molecule has 61 heavy (non-hydrogen) atoms. The number of methoxy groups -OCH3 is 3. The van der Waals surface area contributed by atoms with Gasteiger partial charge in [0.15, 0.2) is 0 Å². The number of rotatable bonds is 20. The van der Waals surface area contributed by atoms with Crippen molar-refractivity contribution >= 4 is 41.6 Å². The van der Waals surface area contributed by atoms with Crippen LogP contribution in [0.5, 0.6) is 0 Å². The number of amides is 3. The molecular weight excluding hydrogens is 785 g/mol. The number of hydrogen-bond acceptors (Lipinski definition) is 11. The Hall–Kier alpha value is -6.25. The highest BCUT2D eigenvalue weighted by Crippen LogP contribution is 2.37. The van der Waals surface area contributed by atoms with Gasteiger partial charge < -0.3 is 39.9 Å². The molecule has 0 spiro atoms. The van der Waals surface area contributed by atoms with E-state index in [0.29, 0.717) is 16.8 Å². The topological polar surface area (TPSA) is 208 Å². The van der Waals surface area contributed by atoms with Crippen molar-refractivity contribution in [1.82, 2.24) is 20.9 Å². The van der Waals surface area contributed by atoms with Gasteiger partial charge in [0.1, 0.15) is 18.3 Å². The van der Waals surface area contributed by atoms with E-state index >= 15 is 0 Å². The van der Waals surface area contributed by atoms with Crippen LogP contribution in [0.1, 0.15) is 103 Å². The van der Waals surface area contributed by atoms with Gasteiger partial charge in [-0.3, -0.25) is 28.8 Å². The Morgan fingerprint density at radius 3 is 2.00 bits per heavy atom. The molecule has 2 aromatic carbocycles. The first kappa shape index (κ1) is 45.8. The molecule has 5 rings (SSSR count). The van der Waals surface area contributed by atoms with Crippen molar-refractivity contribution in [1.29, 1.82) is 0 Å². The zero-order valence-corrected chi connectivity index (χ0v) is 35.3. The number of ether oxygens (including phenoxy) is 4. The smallest absolute Gasteiger partial charge is 0.355 e. The quantitative estimate of drug-likeness (QED) is 0.0924. The fourth-order valence-corrected chi connectivity index (χ4v) is 8.08. The Kier molecular flexibility index (Phi) is 16.4. The molecule has 3 amide bonds. The highest BCUT2D eigenvalue weighted by atomic mass is 16.5. The zero-order valence-electron chi connectivity index (χ0n) is 35.3.